The van der Waals surface area contributed by atoms with Gasteiger partial charge in [0, 0.05) is 31.3 Å². The third-order valence-electron chi connectivity index (χ3n) is 5.13. The van der Waals surface area contributed by atoms with E-state index in [1.165, 1.54) is 0 Å². The Morgan fingerprint density at radius 2 is 1.83 bits per heavy atom. The van der Waals surface area contributed by atoms with E-state index >= 15 is 0 Å². The Morgan fingerprint density at radius 1 is 1.14 bits per heavy atom. The summed E-state index contributed by atoms with van der Waals surface area (Å²) in [5.74, 6) is 1.77. The quantitative estimate of drug-likeness (QED) is 0.780. The van der Waals surface area contributed by atoms with E-state index in [9.17, 15) is 9.59 Å². The van der Waals surface area contributed by atoms with Crippen molar-refractivity contribution in [3.8, 4) is 11.5 Å². The summed E-state index contributed by atoms with van der Waals surface area (Å²) in [6, 6.07) is 5.06. The molecule has 0 bridgehead atoms. The number of methoxy groups -OCH3 is 2. The SMILES string of the molecule is COc1cc(OC)cc(C(=O)NC[C@H]2CCCN(C(=O)C3=C(C)OCCO3)C2)c1. The van der Waals surface area contributed by atoms with E-state index in [0.29, 0.717) is 61.4 Å². The van der Waals surface area contributed by atoms with Gasteiger partial charge in [0.1, 0.15) is 30.5 Å². The lowest BCUT2D eigenvalue weighted by atomic mass is 9.97. The normalized spacial score (nSPS) is 19.1. The van der Waals surface area contributed by atoms with Crippen molar-refractivity contribution >= 4 is 11.8 Å². The lowest BCUT2D eigenvalue weighted by Crippen LogP contribution is -2.45. The van der Waals surface area contributed by atoms with Crippen molar-refractivity contribution in [3.63, 3.8) is 0 Å². The molecule has 0 radical (unpaired) electrons. The molecule has 1 fully saturated rings. The first-order valence-electron chi connectivity index (χ1n) is 9.79. The molecule has 1 atom stereocenters. The summed E-state index contributed by atoms with van der Waals surface area (Å²) < 4.78 is 21.4. The van der Waals surface area contributed by atoms with E-state index < -0.39 is 0 Å². The van der Waals surface area contributed by atoms with Crippen LogP contribution in [0, 0.1) is 5.92 Å². The lowest BCUT2D eigenvalue weighted by Gasteiger charge is -2.34. The highest BCUT2D eigenvalue weighted by atomic mass is 16.6. The average Bonchev–Trinajstić information content (AvgIpc) is 2.77. The Balaban J connectivity index is 1.58. The first-order chi connectivity index (χ1) is 14.0. The number of rotatable bonds is 6. The van der Waals surface area contributed by atoms with Crippen molar-refractivity contribution in [2.45, 2.75) is 19.8 Å². The molecule has 29 heavy (non-hydrogen) atoms. The van der Waals surface area contributed by atoms with Crippen LogP contribution < -0.4 is 14.8 Å². The van der Waals surface area contributed by atoms with Gasteiger partial charge in [0.05, 0.1) is 14.2 Å². The van der Waals surface area contributed by atoms with Crippen LogP contribution in [0.15, 0.2) is 29.7 Å². The molecule has 1 N–H and O–H groups in total. The minimum absolute atomic E-state index is 0.143. The molecule has 3 rings (SSSR count). The van der Waals surface area contributed by atoms with Gasteiger partial charge >= 0.3 is 0 Å². The standard InChI is InChI=1S/C21H28N2O6/c1-14-19(29-8-7-28-14)21(25)23-6-4-5-15(13-23)12-22-20(24)16-9-17(26-2)11-18(10-16)27-3/h9-11,15H,4-8,12-13H2,1-3H3,(H,22,24)/t15-/m1/s1. The summed E-state index contributed by atoms with van der Waals surface area (Å²) in [6.07, 6.45) is 1.83. The van der Waals surface area contributed by atoms with Gasteiger partial charge in [0.2, 0.25) is 5.76 Å². The number of carbonyl (C=O) groups excluding carboxylic acids is 2. The maximum atomic E-state index is 12.8. The highest BCUT2D eigenvalue weighted by Crippen LogP contribution is 2.24. The smallest absolute Gasteiger partial charge is 0.292 e. The number of likely N-dealkylation sites (tertiary alicyclic amines) is 1. The van der Waals surface area contributed by atoms with Gasteiger partial charge in [-0.2, -0.15) is 0 Å². The molecule has 1 aromatic carbocycles. The van der Waals surface area contributed by atoms with Crippen molar-refractivity contribution in [3.05, 3.63) is 35.3 Å². The maximum Gasteiger partial charge on any atom is 0.292 e. The molecule has 158 valence electrons. The molecule has 0 aliphatic carbocycles. The number of piperidine rings is 1. The van der Waals surface area contributed by atoms with E-state index in [2.05, 4.69) is 5.32 Å². The second-order valence-corrected chi connectivity index (χ2v) is 7.15. The Labute approximate surface area is 170 Å². The average molecular weight is 404 g/mol. The van der Waals surface area contributed by atoms with Gasteiger partial charge in [0.25, 0.3) is 11.8 Å². The molecule has 0 aromatic heterocycles. The zero-order valence-electron chi connectivity index (χ0n) is 17.2. The molecule has 2 amide bonds. The number of benzene rings is 1. The minimum Gasteiger partial charge on any atom is -0.497 e. The van der Waals surface area contributed by atoms with Crippen molar-refractivity contribution < 1.29 is 28.5 Å². The van der Waals surface area contributed by atoms with Crippen molar-refractivity contribution in [1.29, 1.82) is 0 Å². The fraction of sp³-hybridized carbons (Fsp3) is 0.524. The van der Waals surface area contributed by atoms with Gasteiger partial charge in [-0.1, -0.05) is 0 Å². The molecule has 8 nitrogen and oxygen atoms in total. The van der Waals surface area contributed by atoms with E-state index in [4.69, 9.17) is 18.9 Å². The van der Waals surface area contributed by atoms with E-state index in [0.717, 1.165) is 12.8 Å². The van der Waals surface area contributed by atoms with Crippen LogP contribution in [0.25, 0.3) is 0 Å². The number of nitrogens with zero attached hydrogens (tertiary/aromatic N) is 1. The largest absolute Gasteiger partial charge is 0.497 e. The molecule has 2 aliphatic rings. The topological polar surface area (TPSA) is 86.3 Å². The molecule has 2 heterocycles. The van der Waals surface area contributed by atoms with E-state index in [-0.39, 0.29) is 17.7 Å². The van der Waals surface area contributed by atoms with Crippen molar-refractivity contribution in [2.24, 2.45) is 5.92 Å². The summed E-state index contributed by atoms with van der Waals surface area (Å²) in [5, 5.41) is 2.96. The molecule has 1 saturated heterocycles. The highest BCUT2D eigenvalue weighted by molar-refractivity contribution is 5.95. The number of nitrogens with one attached hydrogen (secondary N) is 1. The maximum absolute atomic E-state index is 12.8. The molecular weight excluding hydrogens is 376 g/mol. The fourth-order valence-electron chi connectivity index (χ4n) is 3.56. The van der Waals surface area contributed by atoms with Crippen LogP contribution in [-0.2, 0) is 14.3 Å². The van der Waals surface area contributed by atoms with E-state index in [1.54, 1.807) is 44.2 Å². The zero-order chi connectivity index (χ0) is 20.8. The molecule has 0 unspecified atom stereocenters. The Kier molecular flexibility index (Phi) is 6.85. The monoisotopic (exact) mass is 404 g/mol. The number of hydrogen-bond acceptors (Lipinski definition) is 6. The number of hydrogen-bond donors (Lipinski definition) is 1. The van der Waals surface area contributed by atoms with Crippen LogP contribution in [0.5, 0.6) is 11.5 Å². The Morgan fingerprint density at radius 3 is 2.48 bits per heavy atom. The van der Waals surface area contributed by atoms with E-state index in [1.807, 2.05) is 0 Å². The van der Waals surface area contributed by atoms with Gasteiger partial charge < -0.3 is 29.2 Å². The number of allylic oxidation sites excluding steroid dienone is 1. The molecular formula is C21H28N2O6. The number of carbonyl (C=O) groups is 2. The van der Waals surface area contributed by atoms with Crippen LogP contribution in [0.3, 0.4) is 0 Å². The predicted molar refractivity (Wildman–Crippen MR) is 106 cm³/mol. The third-order valence-corrected chi connectivity index (χ3v) is 5.13. The Bertz CT molecular complexity index is 769. The summed E-state index contributed by atoms with van der Waals surface area (Å²) in [6.45, 7) is 4.33. The van der Waals surface area contributed by atoms with Gasteiger partial charge in [0.15, 0.2) is 0 Å². The van der Waals surface area contributed by atoms with Gasteiger partial charge in [-0.3, -0.25) is 9.59 Å². The molecule has 2 aliphatic heterocycles. The second kappa shape index (κ2) is 9.54. The lowest BCUT2D eigenvalue weighted by molar-refractivity contribution is -0.134. The van der Waals surface area contributed by atoms with Gasteiger partial charge in [-0.05, 0) is 37.8 Å². The van der Waals surface area contributed by atoms with Crippen LogP contribution in [-0.4, -0.2) is 63.8 Å². The van der Waals surface area contributed by atoms with Crippen LogP contribution in [0.1, 0.15) is 30.1 Å². The predicted octanol–water partition coefficient (Wildman–Crippen LogP) is 1.95. The summed E-state index contributed by atoms with van der Waals surface area (Å²) in [4.78, 5) is 27.1. The first-order valence-corrected chi connectivity index (χ1v) is 9.79. The third kappa shape index (κ3) is 5.13. The summed E-state index contributed by atoms with van der Waals surface area (Å²) >= 11 is 0. The Hall–Kier alpha value is -2.90. The number of amides is 2. The highest BCUT2D eigenvalue weighted by Gasteiger charge is 2.29. The molecule has 0 saturated carbocycles. The fourth-order valence-corrected chi connectivity index (χ4v) is 3.56. The molecule has 0 spiro atoms. The number of ether oxygens (including phenoxy) is 4. The van der Waals surface area contributed by atoms with Gasteiger partial charge in [-0.15, -0.1) is 0 Å². The zero-order valence-corrected chi connectivity index (χ0v) is 17.2. The van der Waals surface area contributed by atoms with Gasteiger partial charge in [-0.25, -0.2) is 0 Å². The van der Waals surface area contributed by atoms with Crippen LogP contribution >= 0.6 is 0 Å². The van der Waals surface area contributed by atoms with Crippen LogP contribution in [0.4, 0.5) is 0 Å². The molecule has 8 heteroatoms. The van der Waals surface area contributed by atoms with Crippen molar-refractivity contribution in [1.82, 2.24) is 10.2 Å². The summed E-state index contributed by atoms with van der Waals surface area (Å²) in [5.41, 5.74) is 0.471. The summed E-state index contributed by atoms with van der Waals surface area (Å²) in [7, 11) is 3.09. The van der Waals surface area contributed by atoms with Crippen LogP contribution in [0.2, 0.25) is 0 Å². The molecule has 1 aromatic rings. The second-order valence-electron chi connectivity index (χ2n) is 7.15. The minimum atomic E-state index is -0.201. The first kappa shape index (κ1) is 20.8. The van der Waals surface area contributed by atoms with Crippen molar-refractivity contribution in [2.75, 3.05) is 47.1 Å².